The third-order valence-electron chi connectivity index (χ3n) is 7.92. The number of nitrogens with one attached hydrogen (secondary N) is 1. The fourth-order valence-corrected chi connectivity index (χ4v) is 6.25. The first-order chi connectivity index (χ1) is 22.8. The minimum atomic E-state index is -4.71. The molecule has 48 heavy (non-hydrogen) atoms. The van der Waals surface area contributed by atoms with Crippen molar-refractivity contribution in [1.29, 1.82) is 0 Å². The molecule has 4 heterocycles. The smallest absolute Gasteiger partial charge is 0.343 e. The zero-order valence-corrected chi connectivity index (χ0v) is 25.6. The lowest BCUT2D eigenvalue weighted by Gasteiger charge is -2.35. The van der Waals surface area contributed by atoms with Crippen molar-refractivity contribution in [3.8, 4) is 16.9 Å². The molecule has 7 rings (SSSR count). The molecule has 14 nitrogen and oxygen atoms in total. The quantitative estimate of drug-likeness (QED) is 0.231. The Morgan fingerprint density at radius 2 is 1.65 bits per heavy atom. The monoisotopic (exact) mass is 683 g/mol. The fourth-order valence-electron chi connectivity index (χ4n) is 5.24. The molecular weight excluding hydrogens is 659 g/mol. The maximum Gasteiger partial charge on any atom is 0.435 e. The molecule has 1 atom stereocenters. The number of sulfonamides is 1. The number of fused-ring (bicyclic) bond motifs is 1. The first kappa shape index (κ1) is 30.9. The number of hydrogen-bond donors (Lipinski definition) is 1. The van der Waals surface area contributed by atoms with Gasteiger partial charge in [0.2, 0.25) is 6.73 Å². The second-order valence-corrected chi connectivity index (χ2v) is 12.7. The molecule has 2 aliphatic heterocycles. The van der Waals surface area contributed by atoms with Crippen molar-refractivity contribution in [3.05, 3.63) is 101 Å². The third kappa shape index (κ3) is 5.48. The van der Waals surface area contributed by atoms with Crippen molar-refractivity contribution in [2.24, 2.45) is 0 Å². The van der Waals surface area contributed by atoms with Crippen LogP contribution in [0.1, 0.15) is 38.4 Å². The Labute approximate surface area is 269 Å². The molecule has 0 bridgehead atoms. The van der Waals surface area contributed by atoms with E-state index in [4.69, 9.17) is 9.47 Å². The van der Waals surface area contributed by atoms with Gasteiger partial charge in [0, 0.05) is 12.1 Å². The second-order valence-electron chi connectivity index (χ2n) is 11.0. The average molecular weight is 684 g/mol. The first-order valence-corrected chi connectivity index (χ1v) is 15.8. The molecule has 5 aromatic rings. The van der Waals surface area contributed by atoms with Gasteiger partial charge in [0.1, 0.15) is 11.1 Å². The summed E-state index contributed by atoms with van der Waals surface area (Å²) in [4.78, 5) is 44.9. The number of amides is 3. The van der Waals surface area contributed by atoms with Gasteiger partial charge in [-0.05, 0) is 55.8 Å². The summed E-state index contributed by atoms with van der Waals surface area (Å²) in [6.45, 7) is 1.67. The lowest BCUT2D eigenvalue weighted by molar-refractivity contribution is -0.141. The summed E-state index contributed by atoms with van der Waals surface area (Å²) in [6, 6.07) is 17.9. The van der Waals surface area contributed by atoms with Crippen molar-refractivity contribution >= 4 is 27.7 Å². The molecule has 0 aliphatic carbocycles. The summed E-state index contributed by atoms with van der Waals surface area (Å²) >= 11 is 0. The van der Waals surface area contributed by atoms with Gasteiger partial charge in [0.25, 0.3) is 27.7 Å². The molecule has 0 spiro atoms. The molecule has 3 amide bonds. The summed E-state index contributed by atoms with van der Waals surface area (Å²) in [5.74, 6) is -1.94. The minimum Gasteiger partial charge on any atom is -0.343 e. The normalized spacial score (nSPS) is 16.3. The summed E-state index contributed by atoms with van der Waals surface area (Å²) in [6.07, 6.45) is -4.44. The number of carbonyl (C=O) groups is 3. The van der Waals surface area contributed by atoms with Crippen molar-refractivity contribution in [2.75, 3.05) is 18.3 Å². The molecule has 2 aromatic heterocycles. The van der Waals surface area contributed by atoms with E-state index in [0.717, 1.165) is 43.3 Å². The highest BCUT2D eigenvalue weighted by Crippen LogP contribution is 2.33. The van der Waals surface area contributed by atoms with E-state index in [1.165, 1.54) is 29.3 Å². The van der Waals surface area contributed by atoms with Crippen LogP contribution >= 0.6 is 0 Å². The van der Waals surface area contributed by atoms with Crippen molar-refractivity contribution in [1.82, 2.24) is 29.4 Å². The van der Waals surface area contributed by atoms with Gasteiger partial charge in [0.15, 0.2) is 5.69 Å². The Kier molecular flexibility index (Phi) is 7.19. The van der Waals surface area contributed by atoms with Crippen LogP contribution in [0.4, 0.5) is 13.2 Å². The van der Waals surface area contributed by atoms with E-state index in [0.29, 0.717) is 12.1 Å². The van der Waals surface area contributed by atoms with Gasteiger partial charge in [-0.1, -0.05) is 42.0 Å². The molecule has 3 aromatic carbocycles. The predicted octanol–water partition coefficient (Wildman–Crippen LogP) is 2.96. The SMILES string of the molecule is Cc1ccc(-c2cc(C(F)(F)F)nn2-c2ccc(S(=O)(=O)NC(=O)C3CCN3n3on3OCN3C(=O)c4ccccc4C3=O)cc2)cc1. The topological polar surface area (TPSA) is 154 Å². The molecule has 18 heteroatoms. The Bertz CT molecular complexity index is 2130. The van der Waals surface area contributed by atoms with Gasteiger partial charge in [-0.15, -0.1) is 0 Å². The highest BCUT2D eigenvalue weighted by molar-refractivity contribution is 7.90. The van der Waals surface area contributed by atoms with Crippen molar-refractivity contribution < 1.29 is 45.4 Å². The van der Waals surface area contributed by atoms with Crippen molar-refractivity contribution in [3.63, 3.8) is 0 Å². The molecule has 1 N–H and O–H groups in total. The fraction of sp³-hybridized carbons (Fsp3) is 0.200. The number of benzene rings is 3. The lowest BCUT2D eigenvalue weighted by atomic mass is 10.1. The van der Waals surface area contributed by atoms with E-state index in [9.17, 15) is 36.0 Å². The van der Waals surface area contributed by atoms with Crippen LogP contribution in [0.2, 0.25) is 0 Å². The first-order valence-electron chi connectivity index (χ1n) is 14.4. The minimum absolute atomic E-state index is 0.148. The van der Waals surface area contributed by atoms with Crippen LogP contribution in [-0.4, -0.2) is 70.1 Å². The molecular formula is C30H24F3N7O7S. The van der Waals surface area contributed by atoms with E-state index in [2.05, 4.69) is 5.10 Å². The van der Waals surface area contributed by atoms with E-state index in [1.54, 1.807) is 36.4 Å². The Hall–Kier alpha value is -5.78. The highest BCUT2D eigenvalue weighted by Gasteiger charge is 2.43. The Balaban J connectivity index is 1.01. The summed E-state index contributed by atoms with van der Waals surface area (Å²) in [7, 11) is -4.39. The maximum atomic E-state index is 13.6. The standard InChI is InChI=1S/C30H24F3N7O7S/c1-18-6-8-19(9-7-18)25-16-26(30(31,32)33)34-38(25)20-10-12-21(13-11-20)48(44,45)35-27(41)24-14-15-37(24)39-40(47-39)46-17-36-28(42)22-4-2-3-5-23(22)29(36)43/h2-13,16,24H,14-15,17H2,1H3,(H,35,41). The lowest BCUT2D eigenvalue weighted by Crippen LogP contribution is -2.61. The number of hydrogen-bond acceptors (Lipinski definition) is 9. The maximum absolute atomic E-state index is 13.6. The highest BCUT2D eigenvalue weighted by atomic mass is 32.2. The molecule has 1 saturated heterocycles. The molecule has 0 radical (unpaired) electrons. The number of rotatable bonds is 9. The van der Waals surface area contributed by atoms with E-state index < -0.39 is 52.4 Å². The van der Waals surface area contributed by atoms with Crippen LogP contribution in [-0.2, 0) is 21.0 Å². The number of carbonyl (C=O) groups excluding carboxylic acids is 3. The molecule has 2 aliphatic rings. The van der Waals surface area contributed by atoms with Crippen LogP contribution in [0, 0.1) is 6.92 Å². The molecule has 1 fully saturated rings. The molecule has 0 saturated carbocycles. The number of halogens is 3. The number of nitrogens with zero attached hydrogens (tertiary/aromatic N) is 6. The zero-order chi connectivity index (χ0) is 34.0. The number of alkyl halides is 3. The second kappa shape index (κ2) is 11.2. The summed E-state index contributed by atoms with van der Waals surface area (Å²) in [5.41, 5.74) is 1.07. The number of aromatic nitrogens is 4. The Morgan fingerprint density at radius 1 is 1.00 bits per heavy atom. The van der Waals surface area contributed by atoms with Gasteiger partial charge in [-0.25, -0.2) is 27.7 Å². The van der Waals surface area contributed by atoms with Crippen LogP contribution in [0.15, 0.2) is 88.4 Å². The third-order valence-corrected chi connectivity index (χ3v) is 9.28. The zero-order valence-electron chi connectivity index (χ0n) is 24.8. The molecule has 1 unspecified atom stereocenters. The summed E-state index contributed by atoms with van der Waals surface area (Å²) < 4.78 is 75.1. The molecule has 248 valence electrons. The van der Waals surface area contributed by atoms with E-state index >= 15 is 0 Å². The van der Waals surface area contributed by atoms with Gasteiger partial charge >= 0.3 is 6.18 Å². The van der Waals surface area contributed by atoms with E-state index in [-0.39, 0.29) is 33.8 Å². The van der Waals surface area contributed by atoms with Crippen molar-refractivity contribution in [2.45, 2.75) is 30.5 Å². The van der Waals surface area contributed by atoms with Gasteiger partial charge in [0.05, 0.1) is 32.4 Å². The van der Waals surface area contributed by atoms with Gasteiger partial charge in [-0.2, -0.15) is 22.9 Å². The summed E-state index contributed by atoms with van der Waals surface area (Å²) in [5, 5.41) is 5.92. The van der Waals surface area contributed by atoms with Crippen LogP contribution in [0.5, 0.6) is 0 Å². The number of aryl methyl sites for hydroxylation is 1. The van der Waals surface area contributed by atoms with Gasteiger partial charge < -0.3 is 4.84 Å². The number of imide groups is 1. The average Bonchev–Trinajstić information content (AvgIpc) is 3.52. The van der Waals surface area contributed by atoms with Gasteiger partial charge in [-0.3, -0.25) is 14.4 Å². The largest absolute Gasteiger partial charge is 0.435 e. The van der Waals surface area contributed by atoms with Crippen LogP contribution < -0.4 is 14.6 Å². The predicted molar refractivity (Wildman–Crippen MR) is 159 cm³/mol. The Morgan fingerprint density at radius 3 is 2.23 bits per heavy atom. The van der Waals surface area contributed by atoms with E-state index in [1.807, 2.05) is 11.6 Å². The van der Waals surface area contributed by atoms with Crippen LogP contribution in [0.25, 0.3) is 16.9 Å². The van der Waals surface area contributed by atoms with Crippen LogP contribution in [0.3, 0.4) is 0 Å².